The van der Waals surface area contributed by atoms with Crippen molar-refractivity contribution in [1.82, 2.24) is 0 Å². The predicted molar refractivity (Wildman–Crippen MR) is 77.1 cm³/mol. The third-order valence-electron chi connectivity index (χ3n) is 2.34. The number of hydrogen-bond donors (Lipinski definition) is 1. The number of hydrogen-bond acceptors (Lipinski definition) is 6. The van der Waals surface area contributed by atoms with E-state index in [-0.39, 0.29) is 16.8 Å². The SMILES string of the molecule is Cc1c(NC(=O)OC(C)(C)C)cc(C=O)cc1OS(=O)(=O)F. The zero-order valence-corrected chi connectivity index (χ0v) is 13.3. The number of halogens is 1. The minimum Gasteiger partial charge on any atom is -0.444 e. The van der Waals surface area contributed by atoms with E-state index in [1.807, 2.05) is 0 Å². The van der Waals surface area contributed by atoms with Crippen molar-refractivity contribution in [3.05, 3.63) is 23.3 Å². The van der Waals surface area contributed by atoms with Crippen molar-refractivity contribution in [2.75, 3.05) is 5.32 Å². The zero-order chi connectivity index (χ0) is 17.1. The Kier molecular flexibility index (Phi) is 5.13. The second kappa shape index (κ2) is 6.30. The molecule has 1 aromatic rings. The Hall–Kier alpha value is -2.16. The zero-order valence-electron chi connectivity index (χ0n) is 12.5. The lowest BCUT2D eigenvalue weighted by molar-refractivity contribution is 0.0635. The van der Waals surface area contributed by atoms with Gasteiger partial charge in [0.25, 0.3) is 0 Å². The Morgan fingerprint density at radius 3 is 2.36 bits per heavy atom. The highest BCUT2D eigenvalue weighted by Gasteiger charge is 2.20. The third-order valence-corrected chi connectivity index (χ3v) is 2.72. The lowest BCUT2D eigenvalue weighted by atomic mass is 10.1. The quantitative estimate of drug-likeness (QED) is 0.672. The number of aldehydes is 1. The van der Waals surface area contributed by atoms with E-state index in [1.165, 1.54) is 13.0 Å². The molecule has 9 heteroatoms. The molecule has 0 aromatic heterocycles. The van der Waals surface area contributed by atoms with Crippen molar-refractivity contribution in [3.8, 4) is 5.75 Å². The first-order valence-electron chi connectivity index (χ1n) is 6.15. The van der Waals surface area contributed by atoms with Crippen LogP contribution in [-0.2, 0) is 15.2 Å². The number of ether oxygens (including phenoxy) is 1. The molecule has 7 nitrogen and oxygen atoms in total. The maximum Gasteiger partial charge on any atom is 0.488 e. The first kappa shape index (κ1) is 17.9. The van der Waals surface area contributed by atoms with Crippen molar-refractivity contribution >= 4 is 28.6 Å². The third kappa shape index (κ3) is 5.68. The van der Waals surface area contributed by atoms with Crippen molar-refractivity contribution in [2.45, 2.75) is 33.3 Å². The number of amides is 1. The van der Waals surface area contributed by atoms with Gasteiger partial charge in [0.15, 0.2) is 5.75 Å². The van der Waals surface area contributed by atoms with E-state index in [0.717, 1.165) is 6.07 Å². The first-order valence-corrected chi connectivity index (χ1v) is 7.46. The maximum absolute atomic E-state index is 12.7. The highest BCUT2D eigenvalue weighted by atomic mass is 32.3. The maximum atomic E-state index is 12.7. The Bertz CT molecular complexity index is 693. The fourth-order valence-electron chi connectivity index (χ4n) is 1.51. The molecule has 0 unspecified atom stereocenters. The predicted octanol–water partition coefficient (Wildman–Crippen LogP) is 2.75. The molecule has 0 aliphatic rings. The first-order chi connectivity index (χ1) is 9.91. The molecular formula is C13H16FNO6S. The van der Waals surface area contributed by atoms with E-state index in [2.05, 4.69) is 9.50 Å². The highest BCUT2D eigenvalue weighted by molar-refractivity contribution is 7.81. The van der Waals surface area contributed by atoms with Crippen molar-refractivity contribution in [3.63, 3.8) is 0 Å². The van der Waals surface area contributed by atoms with Crippen LogP contribution < -0.4 is 9.50 Å². The molecule has 0 saturated carbocycles. The molecule has 0 aliphatic heterocycles. The molecule has 0 bridgehead atoms. The molecule has 1 aromatic carbocycles. The summed E-state index contributed by atoms with van der Waals surface area (Å²) in [5.74, 6) is -0.404. The van der Waals surface area contributed by atoms with Gasteiger partial charge in [0.2, 0.25) is 0 Å². The van der Waals surface area contributed by atoms with Crippen LogP contribution in [-0.4, -0.2) is 26.4 Å². The van der Waals surface area contributed by atoms with Gasteiger partial charge in [-0.2, -0.15) is 8.42 Å². The minimum absolute atomic E-state index is 0.00434. The number of rotatable bonds is 4. The number of benzene rings is 1. The Morgan fingerprint density at radius 2 is 1.91 bits per heavy atom. The smallest absolute Gasteiger partial charge is 0.444 e. The van der Waals surface area contributed by atoms with Gasteiger partial charge >= 0.3 is 16.6 Å². The van der Waals surface area contributed by atoms with Crippen LogP contribution in [0.3, 0.4) is 0 Å². The van der Waals surface area contributed by atoms with E-state index in [0.29, 0.717) is 6.29 Å². The molecular weight excluding hydrogens is 317 g/mol. The molecule has 122 valence electrons. The number of anilines is 1. The molecule has 1 N–H and O–H groups in total. The van der Waals surface area contributed by atoms with Gasteiger partial charge in [-0.05, 0) is 39.8 Å². The standard InChI is InChI=1S/C13H16FNO6S/c1-8-10(15-12(17)20-13(2,3)4)5-9(7-16)6-11(8)21-22(14,18)19/h5-7H,1-4H3,(H,15,17). The molecule has 1 amide bonds. The summed E-state index contributed by atoms with van der Waals surface area (Å²) in [6.45, 7) is 6.37. The average Bonchev–Trinajstić information content (AvgIpc) is 2.29. The average molecular weight is 333 g/mol. The van der Waals surface area contributed by atoms with E-state index in [4.69, 9.17) is 4.74 Å². The largest absolute Gasteiger partial charge is 0.488 e. The number of carbonyl (C=O) groups excluding carboxylic acids is 2. The molecule has 0 atom stereocenters. The van der Waals surface area contributed by atoms with Crippen LogP contribution in [0, 0.1) is 6.92 Å². The van der Waals surface area contributed by atoms with Crippen molar-refractivity contribution in [2.24, 2.45) is 0 Å². The Labute approximate surface area is 127 Å². The molecule has 22 heavy (non-hydrogen) atoms. The van der Waals surface area contributed by atoms with Crippen LogP contribution >= 0.6 is 0 Å². The second-order valence-corrected chi connectivity index (χ2v) is 6.37. The molecule has 0 heterocycles. The molecule has 1 rings (SSSR count). The highest BCUT2D eigenvalue weighted by Crippen LogP contribution is 2.29. The van der Waals surface area contributed by atoms with E-state index in [9.17, 15) is 21.9 Å². The monoisotopic (exact) mass is 333 g/mol. The summed E-state index contributed by atoms with van der Waals surface area (Å²) in [5.41, 5.74) is -0.563. The molecule has 0 radical (unpaired) electrons. The summed E-state index contributed by atoms with van der Waals surface area (Å²) < 4.78 is 43.0. The van der Waals surface area contributed by atoms with E-state index in [1.54, 1.807) is 20.8 Å². The van der Waals surface area contributed by atoms with Crippen LogP contribution in [0.5, 0.6) is 5.75 Å². The summed E-state index contributed by atoms with van der Waals surface area (Å²) in [4.78, 5) is 22.6. The lowest BCUT2D eigenvalue weighted by Crippen LogP contribution is -2.27. The summed E-state index contributed by atoms with van der Waals surface area (Å²) in [6.07, 6.45) is -0.412. The minimum atomic E-state index is -5.26. The van der Waals surface area contributed by atoms with E-state index >= 15 is 0 Å². The van der Waals surface area contributed by atoms with Gasteiger partial charge in [-0.25, -0.2) is 4.79 Å². The summed E-state index contributed by atoms with van der Waals surface area (Å²) in [7, 11) is -5.26. The van der Waals surface area contributed by atoms with Gasteiger partial charge in [-0.15, -0.1) is 0 Å². The van der Waals surface area contributed by atoms with Gasteiger partial charge in [0.05, 0.1) is 5.69 Å². The van der Waals surface area contributed by atoms with Gasteiger partial charge < -0.3 is 8.92 Å². The fourth-order valence-corrected chi connectivity index (χ4v) is 1.90. The normalized spacial score (nSPS) is 11.7. The lowest BCUT2D eigenvalue weighted by Gasteiger charge is -2.20. The van der Waals surface area contributed by atoms with Gasteiger partial charge in [0.1, 0.15) is 11.9 Å². The molecule has 0 spiro atoms. The second-order valence-electron chi connectivity index (χ2n) is 5.41. The number of nitrogens with one attached hydrogen (secondary N) is 1. The fraction of sp³-hybridized carbons (Fsp3) is 0.385. The molecule has 0 fully saturated rings. The summed E-state index contributed by atoms with van der Waals surface area (Å²) >= 11 is 0. The summed E-state index contributed by atoms with van der Waals surface area (Å²) in [6, 6.07) is 2.32. The van der Waals surface area contributed by atoms with Crippen LogP contribution in [0.15, 0.2) is 12.1 Å². The van der Waals surface area contributed by atoms with Crippen molar-refractivity contribution in [1.29, 1.82) is 0 Å². The van der Waals surface area contributed by atoms with Crippen LogP contribution in [0.4, 0.5) is 14.4 Å². The molecule has 0 aliphatic carbocycles. The van der Waals surface area contributed by atoms with E-state index < -0.39 is 27.9 Å². The van der Waals surface area contributed by atoms with Gasteiger partial charge in [-0.1, -0.05) is 3.89 Å². The Morgan fingerprint density at radius 1 is 1.32 bits per heavy atom. The van der Waals surface area contributed by atoms with Gasteiger partial charge in [-0.3, -0.25) is 10.1 Å². The van der Waals surface area contributed by atoms with Crippen LogP contribution in [0.25, 0.3) is 0 Å². The van der Waals surface area contributed by atoms with Crippen LogP contribution in [0.1, 0.15) is 36.7 Å². The molecule has 0 saturated heterocycles. The van der Waals surface area contributed by atoms with Crippen LogP contribution in [0.2, 0.25) is 0 Å². The topological polar surface area (TPSA) is 98.8 Å². The van der Waals surface area contributed by atoms with Gasteiger partial charge in [0, 0.05) is 11.1 Å². The van der Waals surface area contributed by atoms with Crippen molar-refractivity contribution < 1.29 is 30.8 Å². The summed E-state index contributed by atoms with van der Waals surface area (Å²) in [5, 5.41) is 2.35. The number of carbonyl (C=O) groups is 2. The Balaban J connectivity index is 3.16.